The van der Waals surface area contributed by atoms with Gasteiger partial charge in [0.1, 0.15) is 5.82 Å². The van der Waals surface area contributed by atoms with Crippen LogP contribution in [-0.4, -0.2) is 21.0 Å². The van der Waals surface area contributed by atoms with Crippen LogP contribution in [0.2, 0.25) is 0 Å². The summed E-state index contributed by atoms with van der Waals surface area (Å²) in [6.07, 6.45) is 0. The third kappa shape index (κ3) is 2.24. The van der Waals surface area contributed by atoms with E-state index in [1.54, 1.807) is 6.07 Å². The Bertz CT molecular complexity index is 615. The standard InChI is InChI=1S/C15H15BFNO/c1-18(2)14-5-3-4-12(9-14)16-15-7-6-13(17)8-11(15)10-19-16/h3-9H,10H2,1-2H3. The highest BCUT2D eigenvalue weighted by molar-refractivity contribution is 6.81. The van der Waals surface area contributed by atoms with Gasteiger partial charge in [-0.2, -0.15) is 0 Å². The molecule has 0 amide bonds. The minimum absolute atomic E-state index is 0.0875. The van der Waals surface area contributed by atoms with Crippen LogP contribution >= 0.6 is 0 Å². The van der Waals surface area contributed by atoms with Gasteiger partial charge in [-0.3, -0.25) is 0 Å². The SMILES string of the molecule is CN(C)c1cccc(B2OCc3cc(F)ccc32)c1. The average molecular weight is 255 g/mol. The Balaban J connectivity index is 1.99. The molecule has 1 heterocycles. The Morgan fingerprint density at radius 1 is 1.16 bits per heavy atom. The molecular weight excluding hydrogens is 240 g/mol. The van der Waals surface area contributed by atoms with Crippen LogP contribution in [0.3, 0.4) is 0 Å². The van der Waals surface area contributed by atoms with Crippen molar-refractivity contribution in [3.63, 3.8) is 0 Å². The van der Waals surface area contributed by atoms with Crippen molar-refractivity contribution in [3.8, 4) is 0 Å². The minimum Gasteiger partial charge on any atom is -0.423 e. The van der Waals surface area contributed by atoms with Crippen molar-refractivity contribution in [2.45, 2.75) is 6.61 Å². The number of nitrogens with zero attached hydrogens (tertiary/aromatic N) is 1. The van der Waals surface area contributed by atoms with E-state index in [2.05, 4.69) is 23.1 Å². The van der Waals surface area contributed by atoms with E-state index in [0.717, 1.165) is 22.2 Å². The summed E-state index contributed by atoms with van der Waals surface area (Å²) in [4.78, 5) is 2.06. The first-order valence-electron chi connectivity index (χ1n) is 6.32. The number of halogens is 1. The summed E-state index contributed by atoms with van der Waals surface area (Å²) in [5.41, 5.74) is 4.26. The van der Waals surface area contributed by atoms with Gasteiger partial charge in [0.05, 0.1) is 6.61 Å². The van der Waals surface area contributed by atoms with Crippen molar-refractivity contribution in [2.24, 2.45) is 0 Å². The monoisotopic (exact) mass is 255 g/mol. The zero-order valence-corrected chi connectivity index (χ0v) is 11.1. The molecule has 1 aliphatic heterocycles. The van der Waals surface area contributed by atoms with Crippen LogP contribution in [-0.2, 0) is 11.3 Å². The van der Waals surface area contributed by atoms with Gasteiger partial charge in [0.25, 0.3) is 0 Å². The molecule has 4 heteroatoms. The highest BCUT2D eigenvalue weighted by atomic mass is 19.1. The number of anilines is 1. The van der Waals surface area contributed by atoms with Crippen molar-refractivity contribution in [1.29, 1.82) is 0 Å². The number of rotatable bonds is 2. The van der Waals surface area contributed by atoms with E-state index < -0.39 is 0 Å². The van der Waals surface area contributed by atoms with Crippen LogP contribution < -0.4 is 15.8 Å². The first-order valence-corrected chi connectivity index (χ1v) is 6.32. The van der Waals surface area contributed by atoms with E-state index >= 15 is 0 Å². The summed E-state index contributed by atoms with van der Waals surface area (Å²) in [5.74, 6) is -0.204. The third-order valence-corrected chi connectivity index (χ3v) is 3.48. The quantitative estimate of drug-likeness (QED) is 0.754. The molecule has 0 saturated heterocycles. The van der Waals surface area contributed by atoms with E-state index in [9.17, 15) is 4.39 Å². The summed E-state index contributed by atoms with van der Waals surface area (Å²) < 4.78 is 19.0. The van der Waals surface area contributed by atoms with Gasteiger partial charge in [0, 0.05) is 19.8 Å². The number of hydrogen-bond donors (Lipinski definition) is 0. The van der Waals surface area contributed by atoms with Crippen LogP contribution in [0.5, 0.6) is 0 Å². The van der Waals surface area contributed by atoms with Gasteiger partial charge >= 0.3 is 6.92 Å². The predicted octanol–water partition coefficient (Wildman–Crippen LogP) is 1.53. The fourth-order valence-electron chi connectivity index (χ4n) is 2.46. The lowest BCUT2D eigenvalue weighted by atomic mass is 9.56. The van der Waals surface area contributed by atoms with E-state index in [1.165, 1.54) is 6.07 Å². The summed E-state index contributed by atoms with van der Waals surface area (Å²) in [6, 6.07) is 13.1. The Morgan fingerprint density at radius 2 is 2.00 bits per heavy atom. The van der Waals surface area contributed by atoms with Gasteiger partial charge in [0.2, 0.25) is 0 Å². The van der Waals surface area contributed by atoms with Crippen molar-refractivity contribution in [1.82, 2.24) is 0 Å². The highest BCUT2D eigenvalue weighted by Gasteiger charge is 2.30. The van der Waals surface area contributed by atoms with Crippen molar-refractivity contribution in [2.75, 3.05) is 19.0 Å². The Labute approximate surface area is 112 Å². The second-order valence-electron chi connectivity index (χ2n) is 5.02. The second-order valence-corrected chi connectivity index (χ2v) is 5.02. The smallest absolute Gasteiger partial charge is 0.362 e. The lowest BCUT2D eigenvalue weighted by Crippen LogP contribution is -2.41. The molecule has 96 valence electrons. The van der Waals surface area contributed by atoms with E-state index in [1.807, 2.05) is 26.2 Å². The van der Waals surface area contributed by atoms with E-state index in [0.29, 0.717) is 6.61 Å². The molecule has 2 aromatic rings. The summed E-state index contributed by atoms with van der Waals surface area (Å²) >= 11 is 0. The van der Waals surface area contributed by atoms with Gasteiger partial charge in [-0.1, -0.05) is 18.2 Å². The molecule has 0 unspecified atom stereocenters. The van der Waals surface area contributed by atoms with Crippen LogP contribution in [0, 0.1) is 5.82 Å². The van der Waals surface area contributed by atoms with Crippen LogP contribution in [0.25, 0.3) is 0 Å². The molecule has 0 radical (unpaired) electrons. The molecule has 0 spiro atoms. The normalized spacial score (nSPS) is 13.5. The molecule has 0 aromatic heterocycles. The lowest BCUT2D eigenvalue weighted by Gasteiger charge is -2.15. The van der Waals surface area contributed by atoms with Gasteiger partial charge in [0.15, 0.2) is 0 Å². The van der Waals surface area contributed by atoms with Crippen molar-refractivity contribution in [3.05, 3.63) is 53.8 Å². The van der Waals surface area contributed by atoms with Crippen molar-refractivity contribution >= 4 is 23.5 Å². The maximum atomic E-state index is 13.2. The fourth-order valence-corrected chi connectivity index (χ4v) is 2.46. The highest BCUT2D eigenvalue weighted by Crippen LogP contribution is 2.14. The lowest BCUT2D eigenvalue weighted by molar-refractivity contribution is 0.336. The second kappa shape index (κ2) is 4.70. The summed E-state index contributed by atoms with van der Waals surface area (Å²) in [7, 11) is 4.02. The van der Waals surface area contributed by atoms with E-state index in [4.69, 9.17) is 4.65 Å². The van der Waals surface area contributed by atoms with Gasteiger partial charge in [-0.15, -0.1) is 0 Å². The Morgan fingerprint density at radius 3 is 2.79 bits per heavy atom. The van der Waals surface area contributed by atoms with Gasteiger partial charge < -0.3 is 9.55 Å². The minimum atomic E-state index is -0.204. The molecule has 0 atom stereocenters. The molecule has 0 bridgehead atoms. The average Bonchev–Trinajstić information content (AvgIpc) is 2.81. The first-order chi connectivity index (χ1) is 9.15. The molecule has 0 N–H and O–H groups in total. The van der Waals surface area contributed by atoms with Crippen LogP contribution in [0.15, 0.2) is 42.5 Å². The number of benzene rings is 2. The fraction of sp³-hybridized carbons (Fsp3) is 0.200. The molecule has 3 rings (SSSR count). The number of fused-ring (bicyclic) bond motifs is 1. The number of hydrogen-bond acceptors (Lipinski definition) is 2. The van der Waals surface area contributed by atoms with Crippen LogP contribution in [0.1, 0.15) is 5.56 Å². The molecule has 0 saturated carbocycles. The van der Waals surface area contributed by atoms with Gasteiger partial charge in [-0.05, 0) is 40.8 Å². The predicted molar refractivity (Wildman–Crippen MR) is 77.0 cm³/mol. The molecule has 0 aliphatic carbocycles. The summed E-state index contributed by atoms with van der Waals surface area (Å²) in [5, 5.41) is 0. The molecule has 2 nitrogen and oxygen atoms in total. The van der Waals surface area contributed by atoms with Crippen molar-refractivity contribution < 1.29 is 9.04 Å². The molecule has 19 heavy (non-hydrogen) atoms. The largest absolute Gasteiger partial charge is 0.423 e. The van der Waals surface area contributed by atoms with Crippen LogP contribution in [0.4, 0.5) is 10.1 Å². The maximum Gasteiger partial charge on any atom is 0.362 e. The first kappa shape index (κ1) is 12.2. The maximum absolute atomic E-state index is 13.2. The molecule has 1 aliphatic rings. The third-order valence-electron chi connectivity index (χ3n) is 3.48. The Kier molecular flexibility index (Phi) is 3.03. The summed E-state index contributed by atoms with van der Waals surface area (Å²) in [6.45, 7) is 0.389. The zero-order valence-electron chi connectivity index (χ0n) is 11.1. The van der Waals surface area contributed by atoms with E-state index in [-0.39, 0.29) is 12.7 Å². The zero-order chi connectivity index (χ0) is 13.4. The van der Waals surface area contributed by atoms with Gasteiger partial charge in [-0.25, -0.2) is 4.39 Å². The molecule has 2 aromatic carbocycles. The Hall–Kier alpha value is -1.81. The topological polar surface area (TPSA) is 12.5 Å². The molecule has 0 fully saturated rings. The molecular formula is C15H15BFNO.